The molecule has 2 atom stereocenters. The summed E-state index contributed by atoms with van der Waals surface area (Å²) < 4.78 is 6.19. The van der Waals surface area contributed by atoms with Crippen molar-refractivity contribution in [2.45, 2.75) is 40.8 Å². The van der Waals surface area contributed by atoms with Gasteiger partial charge in [0.05, 0.1) is 17.7 Å². The van der Waals surface area contributed by atoms with Crippen molar-refractivity contribution < 1.29 is 9.53 Å². The summed E-state index contributed by atoms with van der Waals surface area (Å²) in [6, 6.07) is 0. The fourth-order valence-corrected chi connectivity index (χ4v) is 3.91. The average molecular weight is 300 g/mol. The van der Waals surface area contributed by atoms with E-state index in [0.717, 1.165) is 17.0 Å². The molecule has 0 spiro atoms. The number of fused-ring (bicyclic) bond motifs is 1. The highest BCUT2D eigenvalue weighted by Gasteiger charge is 2.26. The molecular weight excluding hydrogens is 284 g/mol. The fourth-order valence-electron chi connectivity index (χ4n) is 1.85. The topological polar surface area (TPSA) is 61.2 Å². The van der Waals surface area contributed by atoms with Crippen LogP contribution in [0.25, 0.3) is 0 Å². The minimum absolute atomic E-state index is 0.0288. The molecule has 0 aliphatic carbocycles. The van der Waals surface area contributed by atoms with Crippen molar-refractivity contribution in [3.8, 4) is 0 Å². The van der Waals surface area contributed by atoms with Crippen molar-refractivity contribution in [1.29, 1.82) is 0 Å². The highest BCUT2D eigenvalue weighted by molar-refractivity contribution is 8.00. The standard InChI is InChI=1S/C12H16N2O3S2/c1-6-5-8-9(18-6)10(15)14(3)12(13-8)19-7(2)11(16)17-4/h6-7H,5H2,1-4H3/t6-,7+/m0/s1. The first-order valence-corrected chi connectivity index (χ1v) is 7.71. The number of carbonyl (C=O) groups is 1. The van der Waals surface area contributed by atoms with Crippen molar-refractivity contribution in [1.82, 2.24) is 9.55 Å². The summed E-state index contributed by atoms with van der Waals surface area (Å²) in [6.07, 6.45) is 0.802. The van der Waals surface area contributed by atoms with Gasteiger partial charge in [-0.25, -0.2) is 4.98 Å². The van der Waals surface area contributed by atoms with E-state index in [9.17, 15) is 9.59 Å². The zero-order valence-corrected chi connectivity index (χ0v) is 12.9. The van der Waals surface area contributed by atoms with Gasteiger partial charge in [0.25, 0.3) is 5.56 Å². The predicted molar refractivity (Wildman–Crippen MR) is 75.8 cm³/mol. The number of esters is 1. The van der Waals surface area contributed by atoms with E-state index >= 15 is 0 Å². The zero-order valence-electron chi connectivity index (χ0n) is 11.3. The van der Waals surface area contributed by atoms with Gasteiger partial charge in [-0.05, 0) is 6.92 Å². The van der Waals surface area contributed by atoms with Crippen LogP contribution < -0.4 is 5.56 Å². The highest BCUT2D eigenvalue weighted by Crippen LogP contribution is 2.34. The van der Waals surface area contributed by atoms with Gasteiger partial charge in [-0.3, -0.25) is 14.2 Å². The molecule has 1 aliphatic heterocycles. The quantitative estimate of drug-likeness (QED) is 0.478. The van der Waals surface area contributed by atoms with Crippen LogP contribution in [0.5, 0.6) is 0 Å². The summed E-state index contributed by atoms with van der Waals surface area (Å²) in [6.45, 7) is 3.82. The average Bonchev–Trinajstić information content (AvgIpc) is 2.75. The lowest BCUT2D eigenvalue weighted by Crippen LogP contribution is -2.24. The Hall–Kier alpha value is -0.950. The molecule has 2 heterocycles. The summed E-state index contributed by atoms with van der Waals surface area (Å²) in [4.78, 5) is 28.9. The largest absolute Gasteiger partial charge is 0.468 e. The van der Waals surface area contributed by atoms with Crippen molar-refractivity contribution in [2.75, 3.05) is 7.11 Å². The Morgan fingerprint density at radius 3 is 2.95 bits per heavy atom. The number of aromatic nitrogens is 2. The first-order chi connectivity index (χ1) is 8.93. The molecule has 2 rings (SSSR count). The van der Waals surface area contributed by atoms with E-state index in [1.807, 2.05) is 0 Å². The van der Waals surface area contributed by atoms with Crippen LogP contribution in [0.4, 0.5) is 0 Å². The molecule has 0 saturated heterocycles. The number of nitrogens with zero attached hydrogens (tertiary/aromatic N) is 2. The molecule has 19 heavy (non-hydrogen) atoms. The van der Waals surface area contributed by atoms with Crippen LogP contribution in [-0.4, -0.2) is 33.1 Å². The summed E-state index contributed by atoms with van der Waals surface area (Å²) in [5.74, 6) is -0.317. The van der Waals surface area contributed by atoms with Crippen LogP contribution in [0, 0.1) is 0 Å². The third-order valence-electron chi connectivity index (χ3n) is 2.89. The normalized spacial score (nSPS) is 19.1. The van der Waals surface area contributed by atoms with E-state index < -0.39 is 0 Å². The lowest BCUT2D eigenvalue weighted by molar-refractivity contribution is -0.139. The maximum absolute atomic E-state index is 12.2. The Labute approximate surface area is 120 Å². The van der Waals surface area contributed by atoms with Gasteiger partial charge in [0.15, 0.2) is 5.16 Å². The molecule has 0 fully saturated rings. The number of carbonyl (C=O) groups excluding carboxylic acids is 1. The minimum atomic E-state index is -0.382. The Balaban J connectivity index is 2.33. The lowest BCUT2D eigenvalue weighted by Gasteiger charge is -2.12. The van der Waals surface area contributed by atoms with Crippen LogP contribution in [0.1, 0.15) is 19.5 Å². The first-order valence-electron chi connectivity index (χ1n) is 5.95. The number of hydrogen-bond donors (Lipinski definition) is 0. The molecule has 0 N–H and O–H groups in total. The second-order valence-corrected chi connectivity index (χ2v) is 7.21. The van der Waals surface area contributed by atoms with Crippen molar-refractivity contribution >= 4 is 29.5 Å². The van der Waals surface area contributed by atoms with Gasteiger partial charge in [-0.1, -0.05) is 18.7 Å². The van der Waals surface area contributed by atoms with Gasteiger partial charge in [-0.15, -0.1) is 11.8 Å². The number of rotatable bonds is 3. The van der Waals surface area contributed by atoms with Crippen LogP contribution in [0.15, 0.2) is 14.8 Å². The molecule has 0 radical (unpaired) electrons. The summed E-state index contributed by atoms with van der Waals surface area (Å²) >= 11 is 2.83. The van der Waals surface area contributed by atoms with Crippen LogP contribution in [0.3, 0.4) is 0 Å². The molecule has 5 nitrogen and oxygen atoms in total. The maximum atomic E-state index is 12.2. The molecule has 1 aromatic heterocycles. The fraction of sp³-hybridized carbons (Fsp3) is 0.583. The van der Waals surface area contributed by atoms with E-state index in [4.69, 9.17) is 0 Å². The van der Waals surface area contributed by atoms with E-state index in [1.165, 1.54) is 23.4 Å². The molecule has 0 saturated carbocycles. The number of thioether (sulfide) groups is 2. The number of methoxy groups -OCH3 is 1. The van der Waals surface area contributed by atoms with Gasteiger partial charge in [0, 0.05) is 18.7 Å². The Morgan fingerprint density at radius 2 is 2.32 bits per heavy atom. The summed E-state index contributed by atoms with van der Waals surface area (Å²) in [7, 11) is 3.04. The Bertz CT molecular complexity index is 571. The summed E-state index contributed by atoms with van der Waals surface area (Å²) in [5, 5.41) is 0.567. The SMILES string of the molecule is COC(=O)[C@@H](C)Sc1nc2c(c(=O)n1C)S[C@@H](C)C2. The van der Waals surface area contributed by atoms with Crippen molar-refractivity contribution in [3.05, 3.63) is 16.0 Å². The summed E-state index contributed by atoms with van der Waals surface area (Å²) in [5.41, 5.74) is 0.819. The van der Waals surface area contributed by atoms with Crippen LogP contribution >= 0.6 is 23.5 Å². The lowest BCUT2D eigenvalue weighted by atomic mass is 10.2. The van der Waals surface area contributed by atoms with Crippen molar-refractivity contribution in [3.63, 3.8) is 0 Å². The van der Waals surface area contributed by atoms with Crippen LogP contribution in [0.2, 0.25) is 0 Å². The molecule has 1 aliphatic rings. The van der Waals surface area contributed by atoms with E-state index in [2.05, 4.69) is 16.6 Å². The van der Waals surface area contributed by atoms with Gasteiger partial charge >= 0.3 is 5.97 Å². The minimum Gasteiger partial charge on any atom is -0.468 e. The second-order valence-electron chi connectivity index (χ2n) is 4.45. The Morgan fingerprint density at radius 1 is 1.63 bits per heavy atom. The molecular formula is C12H16N2O3S2. The van der Waals surface area contributed by atoms with Gasteiger partial charge in [0.2, 0.25) is 0 Å². The first kappa shape index (κ1) is 14.5. The highest BCUT2D eigenvalue weighted by atomic mass is 32.2. The Kier molecular flexibility index (Phi) is 4.25. The maximum Gasteiger partial charge on any atom is 0.318 e. The number of hydrogen-bond acceptors (Lipinski definition) is 6. The van der Waals surface area contributed by atoms with Gasteiger partial charge < -0.3 is 4.74 Å². The van der Waals surface area contributed by atoms with E-state index in [1.54, 1.807) is 25.7 Å². The van der Waals surface area contributed by atoms with Crippen molar-refractivity contribution in [2.24, 2.45) is 7.05 Å². The van der Waals surface area contributed by atoms with Crippen LogP contribution in [-0.2, 0) is 23.0 Å². The van der Waals surface area contributed by atoms with E-state index in [-0.39, 0.29) is 16.8 Å². The third kappa shape index (κ3) is 2.81. The molecule has 1 aromatic rings. The third-order valence-corrected chi connectivity index (χ3v) is 5.23. The molecule has 0 amide bonds. The number of ether oxygens (including phenoxy) is 1. The monoisotopic (exact) mass is 300 g/mol. The smallest absolute Gasteiger partial charge is 0.318 e. The molecule has 104 valence electrons. The molecule has 0 aromatic carbocycles. The molecule has 0 bridgehead atoms. The van der Waals surface area contributed by atoms with E-state index in [0.29, 0.717) is 10.4 Å². The van der Waals surface area contributed by atoms with Gasteiger partial charge in [0.1, 0.15) is 5.25 Å². The second kappa shape index (κ2) is 5.58. The molecule has 0 unspecified atom stereocenters. The predicted octanol–water partition coefficient (Wildman–Crippen LogP) is 1.47. The molecule has 7 heteroatoms. The zero-order chi connectivity index (χ0) is 14.2. The van der Waals surface area contributed by atoms with Gasteiger partial charge in [-0.2, -0.15) is 0 Å².